The fraction of sp³-hybridized carbons (Fsp3) is 0.316. The lowest BCUT2D eigenvalue weighted by molar-refractivity contribution is -0.0514. The summed E-state index contributed by atoms with van der Waals surface area (Å²) < 4.78 is 39.9. The third-order valence-electron chi connectivity index (χ3n) is 3.54. The van der Waals surface area contributed by atoms with E-state index in [1.165, 1.54) is 6.07 Å². The topological polar surface area (TPSA) is 78.1 Å². The Labute approximate surface area is 180 Å². The van der Waals surface area contributed by atoms with E-state index in [4.69, 9.17) is 15.2 Å². The van der Waals surface area contributed by atoms with Gasteiger partial charge in [-0.1, -0.05) is 24.3 Å². The van der Waals surface area contributed by atoms with Gasteiger partial charge in [0.25, 0.3) is 0 Å². The maximum Gasteiger partial charge on any atom is 0.387 e. The Balaban J connectivity index is 0.00000392. The molecule has 0 aliphatic heterocycles. The number of hydrogen-bond acceptors (Lipinski definition) is 4. The molecule has 3 N–H and O–H groups in total. The van der Waals surface area contributed by atoms with Crippen molar-refractivity contribution in [2.45, 2.75) is 26.7 Å². The number of aliphatic imine (C=N–C) groups is 1. The Hall–Kier alpha value is -2.14. The molecule has 0 radical (unpaired) electrons. The van der Waals surface area contributed by atoms with Crippen LogP contribution >= 0.6 is 24.0 Å². The quantitative estimate of drug-likeness (QED) is 0.300. The monoisotopic (exact) mass is 507 g/mol. The van der Waals surface area contributed by atoms with Crippen molar-refractivity contribution in [1.82, 2.24) is 0 Å². The summed E-state index contributed by atoms with van der Waals surface area (Å²) in [6.45, 7) is -0.136. The van der Waals surface area contributed by atoms with Gasteiger partial charge in [0.1, 0.15) is 0 Å². The molecule has 154 valence electrons. The number of nitrogens with one attached hydrogen (secondary N) is 1. The van der Waals surface area contributed by atoms with E-state index < -0.39 is 6.61 Å². The van der Waals surface area contributed by atoms with Crippen LogP contribution in [-0.2, 0) is 17.9 Å². The molecule has 2 rings (SSSR count). The summed E-state index contributed by atoms with van der Waals surface area (Å²) in [4.78, 5) is 4.28. The molecule has 0 heterocycles. The predicted molar refractivity (Wildman–Crippen MR) is 116 cm³/mol. The molecule has 0 fully saturated rings. The van der Waals surface area contributed by atoms with Crippen molar-refractivity contribution in [3.05, 3.63) is 53.6 Å². The van der Waals surface area contributed by atoms with Gasteiger partial charge in [-0.2, -0.15) is 8.78 Å². The molecule has 0 aliphatic carbocycles. The summed E-state index contributed by atoms with van der Waals surface area (Å²) in [5.41, 5.74) is 8.45. The van der Waals surface area contributed by atoms with E-state index in [1.807, 2.05) is 24.3 Å². The smallest absolute Gasteiger partial charge is 0.387 e. The normalized spacial score (nSPS) is 11.1. The van der Waals surface area contributed by atoms with E-state index in [2.05, 4.69) is 15.0 Å². The molecule has 6 nitrogen and oxygen atoms in total. The van der Waals surface area contributed by atoms with Crippen molar-refractivity contribution in [3.8, 4) is 11.5 Å². The van der Waals surface area contributed by atoms with E-state index in [9.17, 15) is 8.78 Å². The van der Waals surface area contributed by atoms with Gasteiger partial charge in [0, 0.05) is 18.4 Å². The molecule has 0 aliphatic rings. The van der Waals surface area contributed by atoms with E-state index in [1.54, 1.807) is 26.2 Å². The molecular formula is C19H24F2IN3O3. The second-order valence-corrected chi connectivity index (χ2v) is 5.51. The lowest BCUT2D eigenvalue weighted by Crippen LogP contribution is -2.23. The van der Waals surface area contributed by atoms with Gasteiger partial charge in [-0.3, -0.25) is 0 Å². The molecule has 28 heavy (non-hydrogen) atoms. The van der Waals surface area contributed by atoms with E-state index >= 15 is 0 Å². The van der Waals surface area contributed by atoms with Crippen LogP contribution in [0.5, 0.6) is 11.5 Å². The van der Waals surface area contributed by atoms with Gasteiger partial charge in [0.2, 0.25) is 0 Å². The Morgan fingerprint density at radius 2 is 1.93 bits per heavy atom. The number of nitrogens with two attached hydrogens (primary N) is 1. The Bertz CT molecular complexity index is 776. The van der Waals surface area contributed by atoms with E-state index in [0.29, 0.717) is 13.2 Å². The van der Waals surface area contributed by atoms with Gasteiger partial charge in [-0.25, -0.2) is 4.99 Å². The SMILES string of the molecule is CCOc1cc(CN=C(N)Nc2ccccc2COC)ccc1OC(F)F.I. The summed E-state index contributed by atoms with van der Waals surface area (Å²) in [7, 11) is 1.62. The zero-order valence-corrected chi connectivity index (χ0v) is 18.0. The summed E-state index contributed by atoms with van der Waals surface area (Å²) in [6.07, 6.45) is 0. The largest absolute Gasteiger partial charge is 0.490 e. The molecule has 0 saturated heterocycles. The second kappa shape index (κ2) is 12.3. The molecule has 0 unspecified atom stereocenters. The molecule has 9 heteroatoms. The van der Waals surface area contributed by atoms with Crippen LogP contribution < -0.4 is 20.5 Å². The van der Waals surface area contributed by atoms with Crippen LogP contribution in [0.3, 0.4) is 0 Å². The highest BCUT2D eigenvalue weighted by atomic mass is 127. The first-order valence-electron chi connectivity index (χ1n) is 8.37. The molecule has 2 aromatic carbocycles. The van der Waals surface area contributed by atoms with Crippen LogP contribution in [-0.4, -0.2) is 26.3 Å². The van der Waals surface area contributed by atoms with Crippen LogP contribution in [0.15, 0.2) is 47.5 Å². The summed E-state index contributed by atoms with van der Waals surface area (Å²) >= 11 is 0. The average molecular weight is 507 g/mol. The highest BCUT2D eigenvalue weighted by molar-refractivity contribution is 14.0. The first kappa shape index (κ1) is 23.9. The number of alkyl halides is 2. The fourth-order valence-corrected chi connectivity index (χ4v) is 2.39. The number of methoxy groups -OCH3 is 1. The fourth-order valence-electron chi connectivity index (χ4n) is 2.39. The minimum absolute atomic E-state index is 0. The van der Waals surface area contributed by atoms with Crippen molar-refractivity contribution >= 4 is 35.6 Å². The summed E-state index contributed by atoms with van der Waals surface area (Å²) in [5, 5.41) is 3.04. The first-order chi connectivity index (χ1) is 13.0. The molecule has 2 aromatic rings. The lowest BCUT2D eigenvalue weighted by Gasteiger charge is -2.13. The first-order valence-corrected chi connectivity index (χ1v) is 8.37. The molecule has 0 bridgehead atoms. The zero-order chi connectivity index (χ0) is 19.6. The van der Waals surface area contributed by atoms with Gasteiger partial charge >= 0.3 is 6.61 Å². The van der Waals surface area contributed by atoms with Gasteiger partial charge in [0.15, 0.2) is 17.5 Å². The maximum atomic E-state index is 12.5. The van der Waals surface area contributed by atoms with Gasteiger partial charge in [0.05, 0.1) is 19.8 Å². The van der Waals surface area contributed by atoms with Crippen molar-refractivity contribution in [2.75, 3.05) is 19.0 Å². The highest BCUT2D eigenvalue weighted by Gasteiger charge is 2.11. The van der Waals surface area contributed by atoms with Gasteiger partial charge < -0.3 is 25.3 Å². The molecule has 0 aromatic heterocycles. The predicted octanol–water partition coefficient (Wildman–Crippen LogP) is 4.38. The third-order valence-corrected chi connectivity index (χ3v) is 3.54. The Morgan fingerprint density at radius 3 is 2.61 bits per heavy atom. The molecule has 0 amide bonds. The minimum Gasteiger partial charge on any atom is -0.490 e. The van der Waals surface area contributed by atoms with Crippen molar-refractivity contribution < 1.29 is 23.0 Å². The van der Waals surface area contributed by atoms with Crippen LogP contribution in [0, 0.1) is 0 Å². The number of rotatable bonds is 9. The molecular weight excluding hydrogens is 483 g/mol. The second-order valence-electron chi connectivity index (χ2n) is 5.51. The molecule has 0 saturated carbocycles. The van der Waals surface area contributed by atoms with Crippen LogP contribution in [0.1, 0.15) is 18.1 Å². The Morgan fingerprint density at radius 1 is 1.18 bits per heavy atom. The number of ether oxygens (including phenoxy) is 3. The van der Waals surface area contributed by atoms with Gasteiger partial charge in [-0.05, 0) is 30.7 Å². The van der Waals surface area contributed by atoms with Crippen molar-refractivity contribution in [1.29, 1.82) is 0 Å². The number of hydrogen-bond donors (Lipinski definition) is 2. The van der Waals surface area contributed by atoms with Crippen LogP contribution in [0.4, 0.5) is 14.5 Å². The zero-order valence-electron chi connectivity index (χ0n) is 15.7. The molecule has 0 spiro atoms. The number of para-hydroxylation sites is 1. The maximum absolute atomic E-state index is 12.5. The average Bonchev–Trinajstić information content (AvgIpc) is 2.63. The van der Waals surface area contributed by atoms with E-state index in [0.717, 1.165) is 16.8 Å². The highest BCUT2D eigenvalue weighted by Crippen LogP contribution is 2.30. The van der Waals surface area contributed by atoms with Crippen molar-refractivity contribution in [3.63, 3.8) is 0 Å². The standard InChI is InChI=1S/C19H23F2N3O3.HI/c1-3-26-17-10-13(8-9-16(17)27-18(20)21)11-23-19(22)24-15-7-5-4-6-14(15)12-25-2;/h4-10,18H,3,11-12H2,1-2H3,(H3,22,23,24);1H. The number of guanidine groups is 1. The van der Waals surface area contributed by atoms with Crippen LogP contribution in [0.25, 0.3) is 0 Å². The van der Waals surface area contributed by atoms with Gasteiger partial charge in [-0.15, -0.1) is 24.0 Å². The number of anilines is 1. The van der Waals surface area contributed by atoms with Crippen molar-refractivity contribution in [2.24, 2.45) is 10.7 Å². The lowest BCUT2D eigenvalue weighted by atomic mass is 10.2. The Kier molecular flexibility index (Phi) is 10.5. The number of benzene rings is 2. The summed E-state index contributed by atoms with van der Waals surface area (Å²) in [6, 6.07) is 12.3. The molecule has 0 atom stereocenters. The van der Waals surface area contributed by atoms with Crippen LogP contribution in [0.2, 0.25) is 0 Å². The van der Waals surface area contributed by atoms with E-state index in [-0.39, 0.29) is 48.0 Å². The summed E-state index contributed by atoms with van der Waals surface area (Å²) in [5.74, 6) is 0.450. The third kappa shape index (κ3) is 7.47. The number of halogens is 3. The minimum atomic E-state index is -2.92. The number of nitrogens with zero attached hydrogens (tertiary/aromatic N) is 1.